The van der Waals surface area contributed by atoms with Gasteiger partial charge in [0.2, 0.25) is 0 Å². The molecule has 0 unspecified atom stereocenters. The number of furan rings is 1. The number of fused-ring (bicyclic) bond motifs is 1. The lowest BCUT2D eigenvalue weighted by Crippen LogP contribution is -2.38. The van der Waals surface area contributed by atoms with Gasteiger partial charge in [0, 0.05) is 43.2 Å². The number of nitrogens with one attached hydrogen (secondary N) is 3. The zero-order chi connectivity index (χ0) is 17.3. The maximum atomic E-state index is 5.34. The maximum Gasteiger partial charge on any atom is 0.191 e. The summed E-state index contributed by atoms with van der Waals surface area (Å²) in [5.74, 6) is 1.75. The van der Waals surface area contributed by atoms with Gasteiger partial charge in [0.05, 0.1) is 6.26 Å². The van der Waals surface area contributed by atoms with Gasteiger partial charge in [-0.05, 0) is 30.2 Å². The van der Waals surface area contributed by atoms with E-state index in [1.54, 1.807) is 6.26 Å². The predicted octanol–water partition coefficient (Wildman–Crippen LogP) is 3.89. The third-order valence-electron chi connectivity index (χ3n) is 3.98. The van der Waals surface area contributed by atoms with Crippen LogP contribution >= 0.6 is 24.0 Å². The molecule has 0 aliphatic carbocycles. The monoisotopic (exact) mass is 464 g/mol. The number of aromatic nitrogens is 1. The summed E-state index contributed by atoms with van der Waals surface area (Å²) in [5.41, 5.74) is 2.48. The Morgan fingerprint density at radius 3 is 2.85 bits per heavy atom. The van der Waals surface area contributed by atoms with Crippen LogP contribution in [0, 0.1) is 0 Å². The van der Waals surface area contributed by atoms with E-state index in [0.29, 0.717) is 13.1 Å². The summed E-state index contributed by atoms with van der Waals surface area (Å²) < 4.78 is 5.34. The Morgan fingerprint density at radius 1 is 1.15 bits per heavy atom. The fourth-order valence-corrected chi connectivity index (χ4v) is 2.73. The van der Waals surface area contributed by atoms with E-state index in [2.05, 4.69) is 51.6 Å². The molecule has 0 spiro atoms. The minimum Gasteiger partial charge on any atom is -0.469 e. The molecule has 0 saturated heterocycles. The van der Waals surface area contributed by atoms with Crippen molar-refractivity contribution in [2.45, 2.75) is 12.8 Å². The molecule has 0 amide bonds. The van der Waals surface area contributed by atoms with E-state index in [-0.39, 0.29) is 24.0 Å². The molecule has 6 heteroatoms. The van der Waals surface area contributed by atoms with Gasteiger partial charge in [0.1, 0.15) is 5.76 Å². The van der Waals surface area contributed by atoms with E-state index in [0.717, 1.165) is 31.1 Å². The Labute approximate surface area is 171 Å². The number of hydrogen-bond acceptors (Lipinski definition) is 2. The van der Waals surface area contributed by atoms with Crippen molar-refractivity contribution in [3.8, 4) is 0 Å². The summed E-state index contributed by atoms with van der Waals surface area (Å²) in [5, 5.41) is 7.91. The van der Waals surface area contributed by atoms with Gasteiger partial charge in [0.25, 0.3) is 0 Å². The standard InChI is InChI=1S/C20H24N4O.HI/c1-2-11-21-20(23-13-10-17-6-5-14-25-17)22-12-9-16-15-24-19-8-4-3-7-18(16)19;/h2-8,14-15,24H,1,9-13H2,(H2,21,22,23);1H. The van der Waals surface area contributed by atoms with E-state index >= 15 is 0 Å². The third-order valence-corrected chi connectivity index (χ3v) is 3.98. The van der Waals surface area contributed by atoms with Gasteiger partial charge in [0.15, 0.2) is 5.96 Å². The van der Waals surface area contributed by atoms with Crippen molar-refractivity contribution < 1.29 is 4.42 Å². The van der Waals surface area contributed by atoms with Crippen molar-refractivity contribution in [1.82, 2.24) is 15.6 Å². The molecule has 0 fully saturated rings. The van der Waals surface area contributed by atoms with Gasteiger partial charge in [-0.15, -0.1) is 30.6 Å². The average Bonchev–Trinajstić information content (AvgIpc) is 3.29. The van der Waals surface area contributed by atoms with Crippen molar-refractivity contribution in [2.75, 3.05) is 19.6 Å². The molecule has 0 radical (unpaired) electrons. The molecule has 3 aromatic rings. The molecular weight excluding hydrogens is 439 g/mol. The lowest BCUT2D eigenvalue weighted by Gasteiger charge is -2.11. The minimum absolute atomic E-state index is 0. The summed E-state index contributed by atoms with van der Waals surface area (Å²) in [4.78, 5) is 7.91. The van der Waals surface area contributed by atoms with Gasteiger partial charge >= 0.3 is 0 Å². The van der Waals surface area contributed by atoms with E-state index in [9.17, 15) is 0 Å². The molecule has 26 heavy (non-hydrogen) atoms. The first-order valence-corrected chi connectivity index (χ1v) is 8.57. The molecule has 3 rings (SSSR count). The van der Waals surface area contributed by atoms with Crippen LogP contribution in [0.25, 0.3) is 10.9 Å². The Morgan fingerprint density at radius 2 is 2.04 bits per heavy atom. The molecule has 1 aromatic carbocycles. The SMILES string of the molecule is C=CCNC(=NCCc1ccco1)NCCc1c[nH]c2ccccc12.I. The number of guanidine groups is 1. The number of para-hydroxylation sites is 1. The Kier molecular flexibility index (Phi) is 8.27. The molecule has 0 aliphatic heterocycles. The summed E-state index contributed by atoms with van der Waals surface area (Å²) >= 11 is 0. The molecule has 0 atom stereocenters. The van der Waals surface area contributed by atoms with Crippen LogP contribution in [0.4, 0.5) is 0 Å². The second-order valence-electron chi connectivity index (χ2n) is 5.77. The molecule has 138 valence electrons. The molecule has 0 saturated carbocycles. The number of benzene rings is 1. The highest BCUT2D eigenvalue weighted by atomic mass is 127. The Hall–Kier alpha value is -2.22. The second kappa shape index (κ2) is 10.7. The van der Waals surface area contributed by atoms with Crippen molar-refractivity contribution >= 4 is 40.8 Å². The smallest absolute Gasteiger partial charge is 0.191 e. The Balaban J connectivity index is 0.00000243. The lowest BCUT2D eigenvalue weighted by atomic mass is 10.1. The molecule has 5 nitrogen and oxygen atoms in total. The average molecular weight is 464 g/mol. The van der Waals surface area contributed by atoms with Crippen molar-refractivity contribution in [3.63, 3.8) is 0 Å². The van der Waals surface area contributed by atoms with E-state index in [1.807, 2.05) is 24.3 Å². The second-order valence-corrected chi connectivity index (χ2v) is 5.77. The normalized spacial score (nSPS) is 11.2. The number of H-pyrrole nitrogens is 1. The van der Waals surface area contributed by atoms with E-state index < -0.39 is 0 Å². The number of hydrogen-bond donors (Lipinski definition) is 3. The first-order chi connectivity index (χ1) is 12.4. The van der Waals surface area contributed by atoms with Crippen LogP contribution in [0.3, 0.4) is 0 Å². The highest BCUT2D eigenvalue weighted by Crippen LogP contribution is 2.17. The highest BCUT2D eigenvalue weighted by molar-refractivity contribution is 14.0. The topological polar surface area (TPSA) is 65.3 Å². The number of halogens is 1. The zero-order valence-corrected chi connectivity index (χ0v) is 17.0. The van der Waals surface area contributed by atoms with Crippen molar-refractivity contribution in [1.29, 1.82) is 0 Å². The largest absolute Gasteiger partial charge is 0.469 e. The maximum absolute atomic E-state index is 5.34. The first-order valence-electron chi connectivity index (χ1n) is 8.57. The fraction of sp³-hybridized carbons (Fsp3) is 0.250. The predicted molar refractivity (Wildman–Crippen MR) is 118 cm³/mol. The lowest BCUT2D eigenvalue weighted by molar-refractivity contribution is 0.510. The zero-order valence-electron chi connectivity index (χ0n) is 14.7. The van der Waals surface area contributed by atoms with Gasteiger partial charge < -0.3 is 20.0 Å². The van der Waals surface area contributed by atoms with E-state index in [1.165, 1.54) is 16.5 Å². The van der Waals surface area contributed by atoms with Crippen LogP contribution in [0.5, 0.6) is 0 Å². The van der Waals surface area contributed by atoms with Crippen molar-refractivity contribution in [3.05, 3.63) is 72.8 Å². The number of aromatic amines is 1. The minimum atomic E-state index is 0. The summed E-state index contributed by atoms with van der Waals surface area (Å²) in [6.07, 6.45) is 7.31. The van der Waals surface area contributed by atoms with Gasteiger partial charge in [-0.2, -0.15) is 0 Å². The summed E-state index contributed by atoms with van der Waals surface area (Å²) in [6.45, 7) is 5.91. The van der Waals surface area contributed by atoms with Crippen LogP contribution in [-0.4, -0.2) is 30.6 Å². The molecule has 0 aliphatic rings. The summed E-state index contributed by atoms with van der Waals surface area (Å²) in [7, 11) is 0. The van der Waals surface area contributed by atoms with Crippen LogP contribution in [0.15, 0.2) is 70.9 Å². The number of rotatable bonds is 8. The van der Waals surface area contributed by atoms with Crippen LogP contribution < -0.4 is 10.6 Å². The van der Waals surface area contributed by atoms with Crippen LogP contribution in [0.1, 0.15) is 11.3 Å². The highest BCUT2D eigenvalue weighted by Gasteiger charge is 2.03. The van der Waals surface area contributed by atoms with Crippen molar-refractivity contribution in [2.24, 2.45) is 4.99 Å². The van der Waals surface area contributed by atoms with E-state index in [4.69, 9.17) is 4.42 Å². The number of aliphatic imine (C=N–C) groups is 1. The van der Waals surface area contributed by atoms with Gasteiger partial charge in [-0.3, -0.25) is 4.99 Å². The Bertz CT molecular complexity index is 823. The first kappa shape index (κ1) is 20.1. The molecule has 2 aromatic heterocycles. The molecule has 3 N–H and O–H groups in total. The third kappa shape index (κ3) is 5.66. The number of nitrogens with zero attached hydrogens (tertiary/aromatic N) is 1. The quantitative estimate of drug-likeness (QED) is 0.205. The summed E-state index contributed by atoms with van der Waals surface area (Å²) in [6, 6.07) is 12.2. The van der Waals surface area contributed by atoms with Crippen LogP contribution in [-0.2, 0) is 12.8 Å². The van der Waals surface area contributed by atoms with Gasteiger partial charge in [-0.1, -0.05) is 24.3 Å². The fourth-order valence-electron chi connectivity index (χ4n) is 2.73. The van der Waals surface area contributed by atoms with Gasteiger partial charge in [-0.25, -0.2) is 0 Å². The molecular formula is C20H25IN4O. The molecule has 0 bridgehead atoms. The molecule has 2 heterocycles. The van der Waals surface area contributed by atoms with Crippen LogP contribution in [0.2, 0.25) is 0 Å².